The van der Waals surface area contributed by atoms with Crippen LogP contribution in [-0.4, -0.2) is 25.1 Å². The van der Waals surface area contributed by atoms with Gasteiger partial charge in [-0.15, -0.1) is 0 Å². The third kappa shape index (κ3) is 3.26. The van der Waals surface area contributed by atoms with E-state index in [1.54, 1.807) is 0 Å². The van der Waals surface area contributed by atoms with Crippen LogP contribution in [0.3, 0.4) is 0 Å². The van der Waals surface area contributed by atoms with E-state index >= 15 is 0 Å². The van der Waals surface area contributed by atoms with Gasteiger partial charge in [-0.2, -0.15) is 4.98 Å². The van der Waals surface area contributed by atoms with Crippen molar-refractivity contribution in [2.75, 3.05) is 12.3 Å². The molecule has 0 fully saturated rings. The summed E-state index contributed by atoms with van der Waals surface area (Å²) in [6.45, 7) is 0.0334. The average molecular weight is 286 g/mol. The minimum absolute atomic E-state index is 0.0334. The number of sulfonamides is 1. The highest BCUT2D eigenvalue weighted by molar-refractivity contribution is 7.89. The van der Waals surface area contributed by atoms with Crippen molar-refractivity contribution in [3.63, 3.8) is 0 Å². The summed E-state index contributed by atoms with van der Waals surface area (Å²) in [6, 6.07) is 3.38. The molecule has 102 valence electrons. The molecule has 0 atom stereocenters. The standard InChI is InChI=1S/C10H11FN4O3S/c11-8-5-7(12)1-2-9(8)19(16,17)14-4-3-10-13-6-18-15-10/h1-2,5-6,14H,3-4,12H2. The van der Waals surface area contributed by atoms with Crippen LogP contribution in [0.4, 0.5) is 10.1 Å². The Bertz CT molecular complexity index is 657. The second kappa shape index (κ2) is 5.33. The SMILES string of the molecule is Nc1ccc(S(=O)(=O)NCCc2ncon2)c(F)c1. The highest BCUT2D eigenvalue weighted by Gasteiger charge is 2.18. The van der Waals surface area contributed by atoms with Gasteiger partial charge in [-0.25, -0.2) is 17.5 Å². The van der Waals surface area contributed by atoms with Gasteiger partial charge >= 0.3 is 0 Å². The predicted octanol–water partition coefficient (Wildman–Crippen LogP) is 0.312. The lowest BCUT2D eigenvalue weighted by molar-refractivity contribution is 0.409. The van der Waals surface area contributed by atoms with E-state index in [2.05, 4.69) is 19.4 Å². The number of aromatic nitrogens is 2. The maximum atomic E-state index is 13.5. The number of hydrogen-bond donors (Lipinski definition) is 2. The Morgan fingerprint density at radius 3 is 2.84 bits per heavy atom. The van der Waals surface area contributed by atoms with E-state index < -0.39 is 20.7 Å². The number of nitrogens with one attached hydrogen (secondary N) is 1. The highest BCUT2D eigenvalue weighted by atomic mass is 32.2. The zero-order chi connectivity index (χ0) is 13.9. The number of rotatable bonds is 5. The first kappa shape index (κ1) is 13.4. The molecule has 2 aromatic rings. The Kier molecular flexibility index (Phi) is 3.76. The van der Waals surface area contributed by atoms with E-state index in [0.717, 1.165) is 18.5 Å². The summed E-state index contributed by atoms with van der Waals surface area (Å²) < 4.78 is 43.9. The number of anilines is 1. The van der Waals surface area contributed by atoms with Crippen LogP contribution >= 0.6 is 0 Å². The number of hydrogen-bond acceptors (Lipinski definition) is 6. The van der Waals surface area contributed by atoms with E-state index in [-0.39, 0.29) is 18.7 Å². The molecule has 0 saturated heterocycles. The first-order valence-electron chi connectivity index (χ1n) is 5.29. The second-order valence-electron chi connectivity index (χ2n) is 3.69. The Morgan fingerprint density at radius 2 is 2.21 bits per heavy atom. The van der Waals surface area contributed by atoms with Gasteiger partial charge in [0.1, 0.15) is 10.7 Å². The zero-order valence-corrected chi connectivity index (χ0v) is 10.5. The number of nitrogen functional groups attached to an aromatic ring is 1. The molecule has 19 heavy (non-hydrogen) atoms. The summed E-state index contributed by atoms with van der Waals surface area (Å²) in [5.41, 5.74) is 5.51. The van der Waals surface area contributed by atoms with Gasteiger partial charge in [-0.05, 0) is 18.2 Å². The summed E-state index contributed by atoms with van der Waals surface area (Å²) in [4.78, 5) is 3.29. The van der Waals surface area contributed by atoms with Gasteiger partial charge in [0.2, 0.25) is 16.4 Å². The topological polar surface area (TPSA) is 111 Å². The lowest BCUT2D eigenvalue weighted by Crippen LogP contribution is -2.27. The van der Waals surface area contributed by atoms with Crippen molar-refractivity contribution in [3.05, 3.63) is 36.2 Å². The predicted molar refractivity (Wildman–Crippen MR) is 64.0 cm³/mol. The van der Waals surface area contributed by atoms with Gasteiger partial charge in [-0.3, -0.25) is 0 Å². The van der Waals surface area contributed by atoms with Crippen molar-refractivity contribution >= 4 is 15.7 Å². The lowest BCUT2D eigenvalue weighted by atomic mass is 10.3. The molecular formula is C10H11FN4O3S. The highest BCUT2D eigenvalue weighted by Crippen LogP contribution is 2.16. The molecule has 0 amide bonds. The van der Waals surface area contributed by atoms with Crippen molar-refractivity contribution in [1.29, 1.82) is 0 Å². The molecular weight excluding hydrogens is 275 g/mol. The van der Waals surface area contributed by atoms with Crippen LogP contribution in [0, 0.1) is 5.82 Å². The van der Waals surface area contributed by atoms with Crippen molar-refractivity contribution in [1.82, 2.24) is 14.9 Å². The Hall–Kier alpha value is -2.00. The van der Waals surface area contributed by atoms with Crippen molar-refractivity contribution in [2.45, 2.75) is 11.3 Å². The molecule has 3 N–H and O–H groups in total. The van der Waals surface area contributed by atoms with E-state index in [9.17, 15) is 12.8 Å². The Labute approximate surface area is 108 Å². The van der Waals surface area contributed by atoms with Gasteiger partial charge in [-0.1, -0.05) is 5.16 Å². The fraction of sp³-hybridized carbons (Fsp3) is 0.200. The Morgan fingerprint density at radius 1 is 1.42 bits per heavy atom. The molecule has 0 bridgehead atoms. The normalized spacial score (nSPS) is 11.6. The molecule has 0 spiro atoms. The maximum Gasteiger partial charge on any atom is 0.243 e. The van der Waals surface area contributed by atoms with Crippen LogP contribution in [-0.2, 0) is 16.4 Å². The molecule has 1 aromatic carbocycles. The molecule has 0 unspecified atom stereocenters. The molecule has 7 nitrogen and oxygen atoms in total. The van der Waals surface area contributed by atoms with Gasteiger partial charge < -0.3 is 10.3 Å². The quantitative estimate of drug-likeness (QED) is 0.765. The van der Waals surface area contributed by atoms with Gasteiger partial charge in [0, 0.05) is 18.7 Å². The molecule has 1 aromatic heterocycles. The number of nitrogens with two attached hydrogens (primary N) is 1. The minimum Gasteiger partial charge on any atom is -0.399 e. The smallest absolute Gasteiger partial charge is 0.243 e. The molecule has 0 radical (unpaired) electrons. The minimum atomic E-state index is -3.93. The molecule has 0 aliphatic rings. The van der Waals surface area contributed by atoms with Gasteiger partial charge in [0.15, 0.2) is 5.82 Å². The van der Waals surface area contributed by atoms with Crippen LogP contribution in [0.1, 0.15) is 5.82 Å². The van der Waals surface area contributed by atoms with Crippen LogP contribution in [0.5, 0.6) is 0 Å². The lowest BCUT2D eigenvalue weighted by Gasteiger charge is -2.07. The molecule has 9 heteroatoms. The summed E-state index contributed by atoms with van der Waals surface area (Å²) in [5.74, 6) is -0.535. The third-order valence-electron chi connectivity index (χ3n) is 2.29. The average Bonchev–Trinajstić information content (AvgIpc) is 2.81. The van der Waals surface area contributed by atoms with Crippen molar-refractivity contribution in [2.24, 2.45) is 0 Å². The summed E-state index contributed by atoms with van der Waals surface area (Å²) in [6.07, 6.45) is 1.38. The summed E-state index contributed by atoms with van der Waals surface area (Å²) in [5, 5.41) is 3.53. The molecule has 0 aliphatic carbocycles. The van der Waals surface area contributed by atoms with Crippen molar-refractivity contribution in [3.8, 4) is 0 Å². The van der Waals surface area contributed by atoms with Gasteiger partial charge in [0.25, 0.3) is 0 Å². The largest absolute Gasteiger partial charge is 0.399 e. The molecule has 1 heterocycles. The van der Waals surface area contributed by atoms with Crippen LogP contribution < -0.4 is 10.5 Å². The number of benzene rings is 1. The van der Waals surface area contributed by atoms with Crippen LogP contribution in [0.15, 0.2) is 34.0 Å². The second-order valence-corrected chi connectivity index (χ2v) is 5.42. The first-order valence-corrected chi connectivity index (χ1v) is 6.77. The third-order valence-corrected chi connectivity index (χ3v) is 3.79. The zero-order valence-electron chi connectivity index (χ0n) is 9.71. The van der Waals surface area contributed by atoms with Gasteiger partial charge in [0.05, 0.1) is 0 Å². The molecule has 2 rings (SSSR count). The monoisotopic (exact) mass is 286 g/mol. The first-order chi connectivity index (χ1) is 8.99. The van der Waals surface area contributed by atoms with E-state index in [1.807, 2.05) is 0 Å². The maximum absolute atomic E-state index is 13.5. The van der Waals surface area contributed by atoms with E-state index in [1.165, 1.54) is 6.07 Å². The van der Waals surface area contributed by atoms with Crippen molar-refractivity contribution < 1.29 is 17.3 Å². The number of halogens is 1. The van der Waals surface area contributed by atoms with E-state index in [0.29, 0.717) is 5.82 Å². The fourth-order valence-electron chi connectivity index (χ4n) is 1.41. The van der Waals surface area contributed by atoms with Crippen LogP contribution in [0.25, 0.3) is 0 Å². The molecule has 0 saturated carbocycles. The summed E-state index contributed by atoms with van der Waals surface area (Å²) in [7, 11) is -3.93. The fourth-order valence-corrected chi connectivity index (χ4v) is 2.50. The van der Waals surface area contributed by atoms with Crippen LogP contribution in [0.2, 0.25) is 0 Å². The van der Waals surface area contributed by atoms with E-state index in [4.69, 9.17) is 5.73 Å². The summed E-state index contributed by atoms with van der Waals surface area (Å²) >= 11 is 0. The Balaban J connectivity index is 2.05. The number of nitrogens with zero attached hydrogens (tertiary/aromatic N) is 2. The molecule has 0 aliphatic heterocycles.